The first-order chi connectivity index (χ1) is 13.1. The molecular formula is C23H19N2O2+. The van der Waals surface area contributed by atoms with E-state index in [2.05, 4.69) is 66.0 Å². The molecule has 0 bridgehead atoms. The molecule has 4 aromatic rings. The van der Waals surface area contributed by atoms with Crippen LogP contribution in [0.3, 0.4) is 0 Å². The lowest BCUT2D eigenvalue weighted by Gasteiger charge is -2.29. The van der Waals surface area contributed by atoms with E-state index in [1.54, 1.807) is 0 Å². The van der Waals surface area contributed by atoms with Gasteiger partial charge in [-0.25, -0.2) is 0 Å². The zero-order chi connectivity index (χ0) is 18.7. The molecule has 132 valence electrons. The Hall–Kier alpha value is -3.40. The van der Waals surface area contributed by atoms with E-state index in [1.165, 1.54) is 23.6 Å². The Morgan fingerprint density at radius 2 is 1.70 bits per heavy atom. The van der Waals surface area contributed by atoms with Crippen LogP contribution in [0.25, 0.3) is 32.9 Å². The third kappa shape index (κ3) is 2.16. The van der Waals surface area contributed by atoms with Gasteiger partial charge in [-0.05, 0) is 24.3 Å². The zero-order valence-corrected chi connectivity index (χ0v) is 15.5. The number of ether oxygens (including phenoxy) is 1. The molecule has 5 rings (SSSR count). The van der Waals surface area contributed by atoms with E-state index in [0.717, 1.165) is 27.7 Å². The molecule has 27 heavy (non-hydrogen) atoms. The summed E-state index contributed by atoms with van der Waals surface area (Å²) in [7, 11) is 4.17. The standard InChI is InChI=1S/C23H19N2O2/c1-14(26)27-15-12-18-16-8-4-6-10-19(16)25(3)23-17-9-5-7-11-20(17)24(2)21(13-15)22(18)23/h4-13H,1-3H3/q+1. The van der Waals surface area contributed by atoms with Gasteiger partial charge >= 0.3 is 5.97 Å². The summed E-state index contributed by atoms with van der Waals surface area (Å²) in [4.78, 5) is 13.8. The first-order valence-electron chi connectivity index (χ1n) is 8.96. The summed E-state index contributed by atoms with van der Waals surface area (Å²) < 4.78 is 7.73. The Bertz CT molecular complexity index is 1260. The number of rotatable bonds is 1. The van der Waals surface area contributed by atoms with Crippen LogP contribution in [0, 0.1) is 0 Å². The Kier molecular flexibility index (Phi) is 3.25. The summed E-state index contributed by atoms with van der Waals surface area (Å²) in [5, 5.41) is 3.41. The highest BCUT2D eigenvalue weighted by Gasteiger charge is 2.31. The number of esters is 1. The molecule has 0 aliphatic carbocycles. The van der Waals surface area contributed by atoms with Crippen molar-refractivity contribution in [3.8, 4) is 17.0 Å². The van der Waals surface area contributed by atoms with Gasteiger partial charge in [-0.2, -0.15) is 4.57 Å². The fourth-order valence-electron chi connectivity index (χ4n) is 4.25. The fraction of sp³-hybridized carbons (Fsp3) is 0.130. The molecular weight excluding hydrogens is 336 g/mol. The van der Waals surface area contributed by atoms with Crippen molar-refractivity contribution in [3.05, 3.63) is 60.7 Å². The van der Waals surface area contributed by atoms with Gasteiger partial charge in [0.1, 0.15) is 12.8 Å². The lowest BCUT2D eigenvalue weighted by Crippen LogP contribution is -2.34. The molecule has 0 atom stereocenters. The number of carbonyl (C=O) groups is 1. The number of pyridine rings is 1. The minimum Gasteiger partial charge on any atom is -0.427 e. The van der Waals surface area contributed by atoms with Crippen LogP contribution in [0.1, 0.15) is 6.92 Å². The largest absolute Gasteiger partial charge is 0.427 e. The van der Waals surface area contributed by atoms with Crippen molar-refractivity contribution in [2.75, 3.05) is 11.9 Å². The molecule has 0 radical (unpaired) electrons. The van der Waals surface area contributed by atoms with Gasteiger partial charge in [-0.1, -0.05) is 24.3 Å². The maximum atomic E-state index is 11.6. The predicted molar refractivity (Wildman–Crippen MR) is 107 cm³/mol. The van der Waals surface area contributed by atoms with E-state index in [9.17, 15) is 4.79 Å². The van der Waals surface area contributed by atoms with Gasteiger partial charge in [0, 0.05) is 31.5 Å². The number of aryl methyl sites for hydroxylation is 1. The molecule has 1 aliphatic rings. The summed E-state index contributed by atoms with van der Waals surface area (Å²) in [5.74, 6) is 0.257. The van der Waals surface area contributed by atoms with Crippen LogP contribution in [0.4, 0.5) is 11.4 Å². The molecule has 0 amide bonds. The van der Waals surface area contributed by atoms with Crippen molar-refractivity contribution >= 4 is 39.0 Å². The number of nitrogens with zero attached hydrogens (tertiary/aromatic N) is 2. The molecule has 0 saturated carbocycles. The Morgan fingerprint density at radius 1 is 0.963 bits per heavy atom. The highest BCUT2D eigenvalue weighted by molar-refractivity contribution is 6.17. The molecule has 1 aliphatic heterocycles. The van der Waals surface area contributed by atoms with E-state index < -0.39 is 0 Å². The summed E-state index contributed by atoms with van der Waals surface area (Å²) in [6, 6.07) is 20.7. The minimum absolute atomic E-state index is 0.313. The van der Waals surface area contributed by atoms with Crippen LogP contribution in [-0.2, 0) is 11.8 Å². The number of hydrogen-bond donors (Lipinski definition) is 0. The first-order valence-corrected chi connectivity index (χ1v) is 8.96. The van der Waals surface area contributed by atoms with Crippen LogP contribution >= 0.6 is 0 Å². The predicted octanol–water partition coefficient (Wildman–Crippen LogP) is 4.49. The van der Waals surface area contributed by atoms with Crippen LogP contribution in [0.5, 0.6) is 5.75 Å². The van der Waals surface area contributed by atoms with Crippen molar-refractivity contribution in [2.45, 2.75) is 6.92 Å². The van der Waals surface area contributed by atoms with Gasteiger partial charge in [-0.3, -0.25) is 4.79 Å². The van der Waals surface area contributed by atoms with Crippen molar-refractivity contribution in [3.63, 3.8) is 0 Å². The summed E-state index contributed by atoms with van der Waals surface area (Å²) in [6.07, 6.45) is 0. The summed E-state index contributed by atoms with van der Waals surface area (Å²) in [6.45, 7) is 1.43. The third-order valence-electron chi connectivity index (χ3n) is 5.36. The van der Waals surface area contributed by atoms with E-state index in [1.807, 2.05) is 18.2 Å². The number of anilines is 2. The topological polar surface area (TPSA) is 33.4 Å². The van der Waals surface area contributed by atoms with E-state index in [-0.39, 0.29) is 5.97 Å². The number of fused-ring (bicyclic) bond motifs is 4. The molecule has 4 nitrogen and oxygen atoms in total. The van der Waals surface area contributed by atoms with Gasteiger partial charge in [0.05, 0.1) is 27.7 Å². The summed E-state index contributed by atoms with van der Waals surface area (Å²) >= 11 is 0. The number of para-hydroxylation sites is 2. The van der Waals surface area contributed by atoms with Crippen molar-refractivity contribution < 1.29 is 14.1 Å². The van der Waals surface area contributed by atoms with E-state index >= 15 is 0 Å². The minimum atomic E-state index is -0.313. The zero-order valence-electron chi connectivity index (χ0n) is 15.5. The second-order valence-corrected chi connectivity index (χ2v) is 6.96. The van der Waals surface area contributed by atoms with Crippen molar-refractivity contribution in [2.24, 2.45) is 7.05 Å². The molecule has 0 saturated heterocycles. The Morgan fingerprint density at radius 3 is 2.52 bits per heavy atom. The Balaban J connectivity index is 2.03. The second-order valence-electron chi connectivity index (χ2n) is 6.96. The molecule has 3 aromatic carbocycles. The van der Waals surface area contributed by atoms with Gasteiger partial charge < -0.3 is 9.64 Å². The van der Waals surface area contributed by atoms with Gasteiger partial charge in [0.2, 0.25) is 11.2 Å². The lowest BCUT2D eigenvalue weighted by atomic mass is 9.93. The quantitative estimate of drug-likeness (QED) is 0.218. The lowest BCUT2D eigenvalue weighted by molar-refractivity contribution is -0.632. The second kappa shape index (κ2) is 5.55. The average molecular weight is 355 g/mol. The smallest absolute Gasteiger partial charge is 0.308 e. The van der Waals surface area contributed by atoms with Gasteiger partial charge in [0.25, 0.3) is 0 Å². The molecule has 0 unspecified atom stereocenters. The maximum Gasteiger partial charge on any atom is 0.308 e. The van der Waals surface area contributed by atoms with Crippen LogP contribution in [0.2, 0.25) is 0 Å². The number of carbonyl (C=O) groups excluding carboxylic acids is 1. The molecule has 0 N–H and O–H groups in total. The number of hydrogen-bond acceptors (Lipinski definition) is 3. The highest BCUT2D eigenvalue weighted by atomic mass is 16.5. The SMILES string of the molecule is CC(=O)Oc1cc2c3c([n+](C)c4ccccc4c3c1)-c1ccccc1N2C. The average Bonchev–Trinajstić information content (AvgIpc) is 2.67. The van der Waals surface area contributed by atoms with Crippen LogP contribution < -0.4 is 14.2 Å². The van der Waals surface area contributed by atoms with Crippen LogP contribution in [0.15, 0.2) is 60.7 Å². The molecule has 0 fully saturated rings. The van der Waals surface area contributed by atoms with Crippen LogP contribution in [-0.4, -0.2) is 13.0 Å². The normalized spacial score (nSPS) is 12.3. The molecule has 4 heteroatoms. The highest BCUT2D eigenvalue weighted by Crippen LogP contribution is 2.48. The first kappa shape index (κ1) is 15.8. The summed E-state index contributed by atoms with van der Waals surface area (Å²) in [5.41, 5.74) is 5.70. The Labute approximate surface area is 157 Å². The third-order valence-corrected chi connectivity index (χ3v) is 5.36. The molecule has 2 heterocycles. The van der Waals surface area contributed by atoms with Gasteiger partial charge in [-0.15, -0.1) is 0 Å². The maximum absolute atomic E-state index is 11.6. The monoisotopic (exact) mass is 355 g/mol. The number of aromatic nitrogens is 1. The number of benzene rings is 3. The van der Waals surface area contributed by atoms with Gasteiger partial charge in [0.15, 0.2) is 0 Å². The molecule has 1 aromatic heterocycles. The van der Waals surface area contributed by atoms with E-state index in [0.29, 0.717) is 5.75 Å². The molecule has 0 spiro atoms. The van der Waals surface area contributed by atoms with E-state index in [4.69, 9.17) is 4.74 Å². The fourth-order valence-corrected chi connectivity index (χ4v) is 4.25. The van der Waals surface area contributed by atoms with Crippen molar-refractivity contribution in [1.29, 1.82) is 0 Å². The van der Waals surface area contributed by atoms with Crippen molar-refractivity contribution in [1.82, 2.24) is 0 Å².